The van der Waals surface area contributed by atoms with Gasteiger partial charge >= 0.3 is 6.18 Å². The number of hydrogen-bond donors (Lipinski definition) is 1. The van der Waals surface area contributed by atoms with Gasteiger partial charge < -0.3 is 5.32 Å². The first-order valence-electron chi connectivity index (χ1n) is 7.93. The number of nitrogens with one attached hydrogen (secondary N) is 1. The molecule has 1 atom stereocenters. The summed E-state index contributed by atoms with van der Waals surface area (Å²) >= 11 is 0. The van der Waals surface area contributed by atoms with Crippen LogP contribution in [0.2, 0.25) is 0 Å². The molecule has 1 amide bonds. The fourth-order valence-corrected chi connectivity index (χ4v) is 4.02. The zero-order valence-electron chi connectivity index (χ0n) is 13.0. The summed E-state index contributed by atoms with van der Waals surface area (Å²) in [5.41, 5.74) is -0.913. The molecule has 1 N–H and O–H groups in total. The fraction of sp³-hybridized carbons (Fsp3) is 0.625. The fourth-order valence-electron chi connectivity index (χ4n) is 4.02. The van der Waals surface area contributed by atoms with Crippen LogP contribution in [-0.4, -0.2) is 30.0 Å². The van der Waals surface area contributed by atoms with Crippen LogP contribution in [0.1, 0.15) is 38.2 Å². The van der Waals surface area contributed by atoms with Gasteiger partial charge in [-0.1, -0.05) is 6.92 Å². The number of anilines is 1. The van der Waals surface area contributed by atoms with Crippen LogP contribution in [0.25, 0.3) is 0 Å². The van der Waals surface area contributed by atoms with Gasteiger partial charge in [-0.25, -0.2) is 4.98 Å². The van der Waals surface area contributed by atoms with E-state index in [-0.39, 0.29) is 23.2 Å². The quantitative estimate of drug-likeness (QED) is 0.908. The Hall–Kier alpha value is -1.63. The maximum Gasteiger partial charge on any atom is 0.416 e. The number of piperidine rings is 1. The highest BCUT2D eigenvalue weighted by Gasteiger charge is 2.51. The van der Waals surface area contributed by atoms with E-state index in [9.17, 15) is 18.0 Å². The first-order chi connectivity index (χ1) is 10.9. The first-order valence-corrected chi connectivity index (χ1v) is 7.93. The van der Waals surface area contributed by atoms with Gasteiger partial charge in [0.15, 0.2) is 0 Å². The Morgan fingerprint density at radius 1 is 1.39 bits per heavy atom. The van der Waals surface area contributed by atoms with Crippen LogP contribution in [0.5, 0.6) is 0 Å². The monoisotopic (exact) mass is 327 g/mol. The van der Waals surface area contributed by atoms with Crippen molar-refractivity contribution in [3.05, 3.63) is 23.9 Å². The zero-order valence-corrected chi connectivity index (χ0v) is 13.0. The van der Waals surface area contributed by atoms with E-state index < -0.39 is 11.7 Å². The summed E-state index contributed by atoms with van der Waals surface area (Å²) in [6, 6.07) is 1.83. The van der Waals surface area contributed by atoms with Gasteiger partial charge in [0.1, 0.15) is 5.82 Å². The molecule has 0 saturated carbocycles. The SMILES string of the molecule is CCC1N(c2cc(C(F)(F)F)ccn2)C(=O)CC12CCNCC2. The average molecular weight is 327 g/mol. The summed E-state index contributed by atoms with van der Waals surface area (Å²) in [5.74, 6) is -0.00217. The third-order valence-electron chi connectivity index (χ3n) is 5.10. The van der Waals surface area contributed by atoms with Gasteiger partial charge in [-0.3, -0.25) is 9.69 Å². The predicted molar refractivity (Wildman–Crippen MR) is 80.0 cm³/mol. The molecule has 7 heteroatoms. The number of carbonyl (C=O) groups excluding carboxylic acids is 1. The molecule has 2 fully saturated rings. The highest BCUT2D eigenvalue weighted by molar-refractivity contribution is 5.96. The zero-order chi connectivity index (χ0) is 16.7. The summed E-state index contributed by atoms with van der Waals surface area (Å²) in [7, 11) is 0. The second-order valence-corrected chi connectivity index (χ2v) is 6.38. The molecule has 1 unspecified atom stereocenters. The number of rotatable bonds is 2. The average Bonchev–Trinajstić information content (AvgIpc) is 2.78. The summed E-state index contributed by atoms with van der Waals surface area (Å²) in [6.07, 6.45) is -0.464. The van der Waals surface area contributed by atoms with Gasteiger partial charge in [-0.05, 0) is 44.5 Å². The molecular formula is C16H20F3N3O. The molecule has 2 aliphatic rings. The maximum absolute atomic E-state index is 12.9. The minimum absolute atomic E-state index is 0.0897. The van der Waals surface area contributed by atoms with Crippen molar-refractivity contribution >= 4 is 11.7 Å². The summed E-state index contributed by atoms with van der Waals surface area (Å²) in [6.45, 7) is 3.66. The molecular weight excluding hydrogens is 307 g/mol. The van der Waals surface area contributed by atoms with Crippen molar-refractivity contribution in [2.24, 2.45) is 5.41 Å². The highest BCUT2D eigenvalue weighted by Crippen LogP contribution is 2.47. The highest BCUT2D eigenvalue weighted by atomic mass is 19.4. The molecule has 1 spiro atoms. The Kier molecular flexibility index (Phi) is 4.08. The topological polar surface area (TPSA) is 45.2 Å². The van der Waals surface area contributed by atoms with E-state index in [0.29, 0.717) is 12.8 Å². The molecule has 2 saturated heterocycles. The second-order valence-electron chi connectivity index (χ2n) is 6.38. The number of halogens is 3. The van der Waals surface area contributed by atoms with Gasteiger partial charge in [-0.2, -0.15) is 13.2 Å². The lowest BCUT2D eigenvalue weighted by molar-refractivity contribution is -0.137. The summed E-state index contributed by atoms with van der Waals surface area (Å²) in [5, 5.41) is 3.28. The Morgan fingerprint density at radius 2 is 2.09 bits per heavy atom. The number of aromatic nitrogens is 1. The number of nitrogens with zero attached hydrogens (tertiary/aromatic N) is 2. The van der Waals surface area contributed by atoms with Crippen LogP contribution in [0.3, 0.4) is 0 Å². The van der Waals surface area contributed by atoms with Crippen LogP contribution < -0.4 is 10.2 Å². The standard InChI is InChI=1S/C16H20F3N3O/c1-2-12-15(4-7-20-8-5-15)10-14(23)22(12)13-9-11(3-6-21-13)16(17,18)19/h3,6,9,12,20H,2,4-5,7-8,10H2,1H3. The van der Waals surface area contributed by atoms with Gasteiger partial charge in [0, 0.05) is 24.1 Å². The van der Waals surface area contributed by atoms with E-state index in [0.717, 1.165) is 44.3 Å². The Morgan fingerprint density at radius 3 is 2.70 bits per heavy atom. The van der Waals surface area contributed by atoms with E-state index >= 15 is 0 Å². The molecule has 3 heterocycles. The van der Waals surface area contributed by atoms with Crippen molar-refractivity contribution in [1.29, 1.82) is 0 Å². The Balaban J connectivity index is 1.97. The van der Waals surface area contributed by atoms with Crippen LogP contribution >= 0.6 is 0 Å². The smallest absolute Gasteiger partial charge is 0.317 e. The number of alkyl halides is 3. The van der Waals surface area contributed by atoms with Gasteiger partial charge in [0.2, 0.25) is 5.91 Å². The molecule has 0 aliphatic carbocycles. The van der Waals surface area contributed by atoms with Crippen LogP contribution in [0, 0.1) is 5.41 Å². The van der Waals surface area contributed by atoms with Crippen molar-refractivity contribution in [1.82, 2.24) is 10.3 Å². The van der Waals surface area contributed by atoms with Crippen molar-refractivity contribution in [3.63, 3.8) is 0 Å². The van der Waals surface area contributed by atoms with Crippen LogP contribution in [0.15, 0.2) is 18.3 Å². The lowest BCUT2D eigenvalue weighted by Crippen LogP contribution is -2.46. The van der Waals surface area contributed by atoms with E-state index in [1.54, 1.807) is 0 Å². The number of amides is 1. The molecule has 4 nitrogen and oxygen atoms in total. The second kappa shape index (κ2) is 5.78. The molecule has 23 heavy (non-hydrogen) atoms. The van der Waals surface area contributed by atoms with Gasteiger partial charge in [-0.15, -0.1) is 0 Å². The van der Waals surface area contributed by atoms with E-state index in [4.69, 9.17) is 0 Å². The van der Waals surface area contributed by atoms with Crippen molar-refractivity contribution in [2.45, 2.75) is 44.8 Å². The molecule has 126 valence electrons. The van der Waals surface area contributed by atoms with E-state index in [1.165, 1.54) is 4.90 Å². The van der Waals surface area contributed by atoms with Gasteiger partial charge in [0.05, 0.1) is 5.56 Å². The first kappa shape index (κ1) is 16.2. The normalized spacial score (nSPS) is 24.4. The number of pyridine rings is 1. The van der Waals surface area contributed by atoms with E-state index in [1.807, 2.05) is 6.92 Å². The third-order valence-corrected chi connectivity index (χ3v) is 5.10. The molecule has 1 aromatic heterocycles. The Bertz CT molecular complexity index is 596. The number of carbonyl (C=O) groups is 1. The molecule has 1 aromatic rings. The van der Waals surface area contributed by atoms with E-state index in [2.05, 4.69) is 10.3 Å². The predicted octanol–water partition coefficient (Wildman–Crippen LogP) is 2.99. The lowest BCUT2D eigenvalue weighted by atomic mass is 9.72. The molecule has 0 aromatic carbocycles. The van der Waals surface area contributed by atoms with Gasteiger partial charge in [0.25, 0.3) is 0 Å². The Labute approximate surface area is 133 Å². The molecule has 0 radical (unpaired) electrons. The summed E-state index contributed by atoms with van der Waals surface area (Å²) in [4.78, 5) is 18.1. The third kappa shape index (κ3) is 2.82. The number of hydrogen-bond acceptors (Lipinski definition) is 3. The molecule has 2 aliphatic heterocycles. The van der Waals surface area contributed by atoms with Crippen LogP contribution in [-0.2, 0) is 11.0 Å². The molecule has 0 bridgehead atoms. The minimum Gasteiger partial charge on any atom is -0.317 e. The maximum atomic E-state index is 12.9. The minimum atomic E-state index is -4.44. The molecule has 3 rings (SSSR count). The van der Waals surface area contributed by atoms with Crippen molar-refractivity contribution in [2.75, 3.05) is 18.0 Å². The van der Waals surface area contributed by atoms with Crippen molar-refractivity contribution in [3.8, 4) is 0 Å². The summed E-state index contributed by atoms with van der Waals surface area (Å²) < 4.78 is 38.8. The van der Waals surface area contributed by atoms with Crippen LogP contribution in [0.4, 0.5) is 19.0 Å². The lowest BCUT2D eigenvalue weighted by Gasteiger charge is -2.40. The van der Waals surface area contributed by atoms with Crippen molar-refractivity contribution < 1.29 is 18.0 Å². The largest absolute Gasteiger partial charge is 0.416 e.